The number of hydrogen-bond acceptors (Lipinski definition) is 0. The molecule has 6 aromatic carbocycles. The van der Waals surface area contributed by atoms with Crippen LogP contribution in [0.25, 0.3) is 60.9 Å². The molecule has 0 radical (unpaired) electrons. The molecular weight excluding hydrogens is 562 g/mol. The molecule has 8 rings (SSSR count). The largest absolute Gasteiger partial charge is 0.309 e. The van der Waals surface area contributed by atoms with Gasteiger partial charge in [0, 0.05) is 26.3 Å². The Morgan fingerprint density at radius 1 is 0.488 bits per heavy atom. The lowest BCUT2D eigenvalue weighted by molar-refractivity contribution is 0.660. The Balaban J connectivity index is 1.34. The van der Waals surface area contributed by atoms with E-state index in [9.17, 15) is 0 Å². The summed E-state index contributed by atoms with van der Waals surface area (Å²) in [4.78, 5) is 0. The van der Waals surface area contributed by atoms with E-state index < -0.39 is 0 Å². The average molecular weight is 591 g/mol. The molecule has 0 bridgehead atoms. The molecule has 196 valence electrons. The Kier molecular flexibility index (Phi) is 5.39. The van der Waals surface area contributed by atoms with Crippen LogP contribution in [-0.2, 0) is 5.41 Å². The standard InChI is InChI=1S/C39H28BrN/c1-39(2)34-15-6-3-13-30(34)33-24-28(19-21-35(33)39)41-37-17-8-5-14-31(37)32-20-18-26(23-38(32)41)25-10-9-11-27(22-25)29-12-4-7-16-36(29)40/h3-24H,1-2H3. The molecule has 0 saturated carbocycles. The number of hydrogen-bond donors (Lipinski definition) is 0. The average Bonchev–Trinajstić information content (AvgIpc) is 3.46. The first-order valence-electron chi connectivity index (χ1n) is 14.1. The fourth-order valence-corrected chi connectivity index (χ4v) is 7.35. The van der Waals surface area contributed by atoms with E-state index in [4.69, 9.17) is 0 Å². The third-order valence-electron chi connectivity index (χ3n) is 8.88. The number of benzene rings is 6. The van der Waals surface area contributed by atoms with Gasteiger partial charge in [-0.05, 0) is 80.9 Å². The first kappa shape index (κ1) is 24.4. The summed E-state index contributed by atoms with van der Waals surface area (Å²) >= 11 is 3.74. The van der Waals surface area contributed by atoms with E-state index in [1.54, 1.807) is 0 Å². The molecule has 0 N–H and O–H groups in total. The van der Waals surface area contributed by atoms with Crippen LogP contribution >= 0.6 is 15.9 Å². The lowest BCUT2D eigenvalue weighted by atomic mass is 9.82. The van der Waals surface area contributed by atoms with E-state index in [-0.39, 0.29) is 5.41 Å². The van der Waals surface area contributed by atoms with E-state index in [1.807, 2.05) is 0 Å². The monoisotopic (exact) mass is 589 g/mol. The van der Waals surface area contributed by atoms with Crippen LogP contribution in [0.4, 0.5) is 0 Å². The van der Waals surface area contributed by atoms with Gasteiger partial charge in [0.05, 0.1) is 11.0 Å². The van der Waals surface area contributed by atoms with Gasteiger partial charge in [0.15, 0.2) is 0 Å². The molecule has 0 atom stereocenters. The third kappa shape index (κ3) is 3.67. The van der Waals surface area contributed by atoms with Crippen molar-refractivity contribution in [3.63, 3.8) is 0 Å². The number of aromatic nitrogens is 1. The highest BCUT2D eigenvalue weighted by atomic mass is 79.9. The van der Waals surface area contributed by atoms with Crippen LogP contribution < -0.4 is 0 Å². The van der Waals surface area contributed by atoms with Gasteiger partial charge in [0.25, 0.3) is 0 Å². The summed E-state index contributed by atoms with van der Waals surface area (Å²) in [5.74, 6) is 0. The van der Waals surface area contributed by atoms with Crippen molar-refractivity contribution in [2.75, 3.05) is 0 Å². The maximum absolute atomic E-state index is 3.74. The van der Waals surface area contributed by atoms with Gasteiger partial charge in [0.2, 0.25) is 0 Å². The van der Waals surface area contributed by atoms with Crippen molar-refractivity contribution in [3.05, 3.63) is 149 Å². The van der Waals surface area contributed by atoms with E-state index in [0.29, 0.717) is 0 Å². The molecule has 0 amide bonds. The van der Waals surface area contributed by atoms with Gasteiger partial charge >= 0.3 is 0 Å². The zero-order valence-corrected chi connectivity index (χ0v) is 24.6. The van der Waals surface area contributed by atoms with Gasteiger partial charge in [-0.1, -0.05) is 127 Å². The van der Waals surface area contributed by atoms with Crippen LogP contribution in [0.15, 0.2) is 138 Å². The number of rotatable bonds is 3. The van der Waals surface area contributed by atoms with Crippen molar-refractivity contribution in [3.8, 4) is 39.1 Å². The Morgan fingerprint density at radius 2 is 1.17 bits per heavy atom. The van der Waals surface area contributed by atoms with E-state index in [0.717, 1.165) is 4.47 Å². The van der Waals surface area contributed by atoms with Crippen molar-refractivity contribution in [2.45, 2.75) is 19.3 Å². The number of fused-ring (bicyclic) bond motifs is 6. The molecule has 7 aromatic rings. The van der Waals surface area contributed by atoms with Crippen LogP contribution in [0, 0.1) is 0 Å². The molecule has 0 aliphatic heterocycles. The van der Waals surface area contributed by atoms with Crippen LogP contribution in [0.1, 0.15) is 25.0 Å². The molecule has 1 nitrogen and oxygen atoms in total. The maximum atomic E-state index is 3.74. The van der Waals surface area contributed by atoms with E-state index >= 15 is 0 Å². The first-order valence-corrected chi connectivity index (χ1v) is 14.9. The van der Waals surface area contributed by atoms with Gasteiger partial charge in [-0.15, -0.1) is 0 Å². The van der Waals surface area contributed by atoms with Gasteiger partial charge < -0.3 is 4.57 Å². The molecule has 41 heavy (non-hydrogen) atoms. The summed E-state index contributed by atoms with van der Waals surface area (Å²) in [6.07, 6.45) is 0. The van der Waals surface area contributed by atoms with E-state index in [2.05, 4.69) is 168 Å². The molecule has 1 aromatic heterocycles. The molecule has 2 heteroatoms. The molecule has 0 saturated heterocycles. The van der Waals surface area contributed by atoms with Gasteiger partial charge in [-0.2, -0.15) is 0 Å². The summed E-state index contributed by atoms with van der Waals surface area (Å²) in [6.45, 7) is 4.68. The smallest absolute Gasteiger partial charge is 0.0547 e. The SMILES string of the molecule is CC1(C)c2ccccc2-c2cc(-n3c4ccccc4c4ccc(-c5cccc(-c6ccccc6Br)c5)cc43)ccc21. The Labute approximate surface area is 248 Å². The number of para-hydroxylation sites is 1. The molecule has 1 aliphatic rings. The summed E-state index contributed by atoms with van der Waals surface area (Å²) in [7, 11) is 0. The maximum Gasteiger partial charge on any atom is 0.0547 e. The number of nitrogens with zero attached hydrogens (tertiary/aromatic N) is 1. The normalized spacial score (nSPS) is 13.4. The van der Waals surface area contributed by atoms with Crippen LogP contribution in [0.3, 0.4) is 0 Å². The topological polar surface area (TPSA) is 4.93 Å². The Hall–Kier alpha value is -4.40. The van der Waals surface area contributed by atoms with Crippen LogP contribution in [0.2, 0.25) is 0 Å². The zero-order valence-electron chi connectivity index (χ0n) is 23.0. The zero-order chi connectivity index (χ0) is 27.7. The highest BCUT2D eigenvalue weighted by Crippen LogP contribution is 2.49. The minimum Gasteiger partial charge on any atom is -0.309 e. The number of halogens is 1. The quantitative estimate of drug-likeness (QED) is 0.193. The summed E-state index contributed by atoms with van der Waals surface area (Å²) in [6, 6.07) is 48.9. The van der Waals surface area contributed by atoms with Crippen molar-refractivity contribution in [1.82, 2.24) is 4.57 Å². The second kappa shape index (κ2) is 9.06. The molecule has 1 aliphatic carbocycles. The van der Waals surface area contributed by atoms with Crippen molar-refractivity contribution < 1.29 is 0 Å². The minimum absolute atomic E-state index is 0.00276. The summed E-state index contributed by atoms with van der Waals surface area (Å²) < 4.78 is 3.55. The second-order valence-electron chi connectivity index (χ2n) is 11.5. The summed E-state index contributed by atoms with van der Waals surface area (Å²) in [5, 5.41) is 2.55. The lowest BCUT2D eigenvalue weighted by Gasteiger charge is -2.21. The summed E-state index contributed by atoms with van der Waals surface area (Å²) in [5.41, 5.74) is 14.0. The van der Waals surface area contributed by atoms with Crippen molar-refractivity contribution in [2.24, 2.45) is 0 Å². The third-order valence-corrected chi connectivity index (χ3v) is 9.57. The predicted molar refractivity (Wildman–Crippen MR) is 177 cm³/mol. The highest BCUT2D eigenvalue weighted by molar-refractivity contribution is 9.10. The van der Waals surface area contributed by atoms with Crippen LogP contribution in [0.5, 0.6) is 0 Å². The first-order chi connectivity index (χ1) is 20.0. The van der Waals surface area contributed by atoms with E-state index in [1.165, 1.54) is 72.0 Å². The van der Waals surface area contributed by atoms with Crippen LogP contribution in [-0.4, -0.2) is 4.57 Å². The molecule has 0 fully saturated rings. The minimum atomic E-state index is -0.00276. The van der Waals surface area contributed by atoms with Crippen molar-refractivity contribution >= 4 is 37.7 Å². The lowest BCUT2D eigenvalue weighted by Crippen LogP contribution is -2.14. The van der Waals surface area contributed by atoms with Gasteiger partial charge in [0.1, 0.15) is 0 Å². The molecule has 0 spiro atoms. The fourth-order valence-electron chi connectivity index (χ4n) is 6.84. The predicted octanol–water partition coefficient (Wildman–Crippen LogP) is 11.2. The second-order valence-corrected chi connectivity index (χ2v) is 12.4. The highest BCUT2D eigenvalue weighted by Gasteiger charge is 2.35. The van der Waals surface area contributed by atoms with Crippen molar-refractivity contribution in [1.29, 1.82) is 0 Å². The fraction of sp³-hybridized carbons (Fsp3) is 0.0769. The molecule has 1 heterocycles. The Bertz CT molecular complexity index is 2150. The van der Waals surface area contributed by atoms with Gasteiger partial charge in [-0.3, -0.25) is 0 Å². The van der Waals surface area contributed by atoms with Gasteiger partial charge in [-0.25, -0.2) is 0 Å². The Morgan fingerprint density at radius 3 is 2.05 bits per heavy atom. The molecule has 0 unspecified atom stereocenters. The molecular formula is C39H28BrN.